The number of nitrogens with one attached hydrogen (secondary N) is 1. The maximum Gasteiger partial charge on any atom is 0.291 e. The highest BCUT2D eigenvalue weighted by atomic mass is 32.1. The summed E-state index contributed by atoms with van der Waals surface area (Å²) in [6.07, 6.45) is 0. The van der Waals surface area contributed by atoms with Gasteiger partial charge in [-0.3, -0.25) is 4.79 Å². The van der Waals surface area contributed by atoms with Crippen molar-refractivity contribution in [3.05, 3.63) is 76.1 Å². The van der Waals surface area contributed by atoms with Gasteiger partial charge in [0.2, 0.25) is 5.82 Å². The van der Waals surface area contributed by atoms with E-state index in [0.29, 0.717) is 12.4 Å². The van der Waals surface area contributed by atoms with Crippen molar-refractivity contribution in [3.63, 3.8) is 0 Å². The van der Waals surface area contributed by atoms with Gasteiger partial charge in [0.05, 0.1) is 16.6 Å². The number of thiophene rings is 2. The summed E-state index contributed by atoms with van der Waals surface area (Å²) in [7, 11) is 4.01. The lowest BCUT2D eigenvalue weighted by Gasteiger charge is -2.23. The molecular weight excluding hydrogens is 402 g/mol. The smallest absolute Gasteiger partial charge is 0.291 e. The third kappa shape index (κ3) is 4.29. The van der Waals surface area contributed by atoms with Gasteiger partial charge in [0.25, 0.3) is 5.91 Å². The van der Waals surface area contributed by atoms with E-state index in [2.05, 4.69) is 31.7 Å². The maximum atomic E-state index is 12.8. The predicted molar refractivity (Wildman–Crippen MR) is 118 cm³/mol. The summed E-state index contributed by atoms with van der Waals surface area (Å²) < 4.78 is 1.73. The second-order valence-corrected chi connectivity index (χ2v) is 8.46. The van der Waals surface area contributed by atoms with E-state index in [1.807, 2.05) is 67.3 Å². The van der Waals surface area contributed by atoms with Crippen molar-refractivity contribution < 1.29 is 4.79 Å². The largest absolute Gasteiger partial charge is 0.347 e. The topological polar surface area (TPSA) is 63.1 Å². The Bertz CT molecular complexity index is 1060. The Morgan fingerprint density at radius 3 is 2.62 bits per heavy atom. The van der Waals surface area contributed by atoms with Crippen LogP contribution in [0.25, 0.3) is 16.4 Å². The molecule has 0 aliphatic carbocycles. The molecule has 3 heterocycles. The minimum atomic E-state index is -0.278. The molecule has 0 fully saturated rings. The lowest BCUT2D eigenvalue weighted by atomic mass is 10.1. The van der Waals surface area contributed by atoms with E-state index in [9.17, 15) is 4.79 Å². The molecule has 0 radical (unpaired) electrons. The SMILES string of the molecule is CN(C)C(CNC(=O)c1nc(-c2cccs2)n(-c2ccccc2)n1)c1ccsc1. The Kier molecular flexibility index (Phi) is 5.84. The molecule has 4 rings (SSSR count). The average molecular weight is 424 g/mol. The Balaban J connectivity index is 1.59. The van der Waals surface area contributed by atoms with E-state index in [-0.39, 0.29) is 17.8 Å². The first-order valence-electron chi connectivity index (χ1n) is 9.16. The third-order valence-corrected chi connectivity index (χ3v) is 6.13. The van der Waals surface area contributed by atoms with Crippen LogP contribution < -0.4 is 5.32 Å². The minimum Gasteiger partial charge on any atom is -0.347 e. The summed E-state index contributed by atoms with van der Waals surface area (Å²) in [5.74, 6) is 0.554. The number of aromatic nitrogens is 3. The maximum absolute atomic E-state index is 12.8. The molecule has 0 aliphatic rings. The van der Waals surface area contributed by atoms with Crippen LogP contribution in [0.15, 0.2) is 64.7 Å². The predicted octanol–water partition coefficient (Wildman–Crippen LogP) is 4.09. The van der Waals surface area contributed by atoms with Gasteiger partial charge in [-0.15, -0.1) is 16.4 Å². The molecule has 0 saturated heterocycles. The molecule has 1 N–H and O–H groups in total. The molecule has 1 amide bonds. The first kappa shape index (κ1) is 19.5. The van der Waals surface area contributed by atoms with Crippen LogP contribution in [0.1, 0.15) is 22.2 Å². The van der Waals surface area contributed by atoms with Gasteiger partial charge in [-0.25, -0.2) is 9.67 Å². The highest BCUT2D eigenvalue weighted by Gasteiger charge is 2.21. The fourth-order valence-corrected chi connectivity index (χ4v) is 4.46. The molecule has 6 nitrogen and oxygen atoms in total. The average Bonchev–Trinajstić information content (AvgIpc) is 3.49. The van der Waals surface area contributed by atoms with Crippen LogP contribution in [-0.4, -0.2) is 46.2 Å². The van der Waals surface area contributed by atoms with Crippen molar-refractivity contribution >= 4 is 28.6 Å². The summed E-state index contributed by atoms with van der Waals surface area (Å²) in [5, 5.41) is 13.6. The number of benzene rings is 1. The van der Waals surface area contributed by atoms with E-state index in [4.69, 9.17) is 0 Å². The number of para-hydroxylation sites is 1. The van der Waals surface area contributed by atoms with Gasteiger partial charge in [0, 0.05) is 6.54 Å². The van der Waals surface area contributed by atoms with Crippen molar-refractivity contribution in [1.82, 2.24) is 25.0 Å². The van der Waals surface area contributed by atoms with Gasteiger partial charge in [0.15, 0.2) is 5.82 Å². The van der Waals surface area contributed by atoms with Crippen molar-refractivity contribution in [1.29, 1.82) is 0 Å². The number of amides is 1. The molecule has 4 aromatic rings. The zero-order chi connectivity index (χ0) is 20.2. The second kappa shape index (κ2) is 8.69. The summed E-state index contributed by atoms with van der Waals surface area (Å²) in [4.78, 5) is 20.5. The third-order valence-electron chi connectivity index (χ3n) is 4.56. The number of hydrogen-bond donors (Lipinski definition) is 1. The van der Waals surface area contributed by atoms with Gasteiger partial charge in [-0.1, -0.05) is 24.3 Å². The zero-order valence-electron chi connectivity index (χ0n) is 16.1. The Morgan fingerprint density at radius 2 is 1.97 bits per heavy atom. The Hall–Kier alpha value is -2.81. The molecule has 0 aliphatic heterocycles. The summed E-state index contributed by atoms with van der Waals surface area (Å²) in [6.45, 7) is 0.483. The summed E-state index contributed by atoms with van der Waals surface area (Å²) >= 11 is 3.22. The number of hydrogen-bond acceptors (Lipinski definition) is 6. The second-order valence-electron chi connectivity index (χ2n) is 6.73. The van der Waals surface area contributed by atoms with E-state index in [1.54, 1.807) is 27.4 Å². The van der Waals surface area contributed by atoms with Gasteiger partial charge in [-0.05, 0) is 60.1 Å². The van der Waals surface area contributed by atoms with Crippen LogP contribution in [0.3, 0.4) is 0 Å². The number of nitrogens with zero attached hydrogens (tertiary/aromatic N) is 4. The van der Waals surface area contributed by atoms with Crippen LogP contribution in [0, 0.1) is 0 Å². The quantitative estimate of drug-likeness (QED) is 0.486. The molecule has 1 atom stereocenters. The zero-order valence-corrected chi connectivity index (χ0v) is 17.8. The highest BCUT2D eigenvalue weighted by Crippen LogP contribution is 2.25. The van der Waals surface area contributed by atoms with E-state index >= 15 is 0 Å². The molecule has 1 aromatic carbocycles. The Labute approximate surface area is 177 Å². The molecule has 148 valence electrons. The van der Waals surface area contributed by atoms with Crippen molar-refractivity contribution in [3.8, 4) is 16.4 Å². The van der Waals surface area contributed by atoms with Gasteiger partial charge in [0.1, 0.15) is 0 Å². The molecule has 1 unspecified atom stereocenters. The van der Waals surface area contributed by atoms with Crippen LogP contribution >= 0.6 is 22.7 Å². The van der Waals surface area contributed by atoms with Crippen LogP contribution in [0.4, 0.5) is 0 Å². The fraction of sp³-hybridized carbons (Fsp3) is 0.190. The summed E-state index contributed by atoms with van der Waals surface area (Å²) in [5.41, 5.74) is 2.05. The first-order valence-corrected chi connectivity index (χ1v) is 11.0. The molecule has 0 bridgehead atoms. The van der Waals surface area contributed by atoms with Gasteiger partial charge in [-0.2, -0.15) is 11.3 Å². The number of carbonyl (C=O) groups is 1. The Morgan fingerprint density at radius 1 is 1.14 bits per heavy atom. The molecule has 0 spiro atoms. The number of likely N-dealkylation sites (N-methyl/N-ethyl adjacent to an activating group) is 1. The van der Waals surface area contributed by atoms with Crippen LogP contribution in [-0.2, 0) is 0 Å². The van der Waals surface area contributed by atoms with Crippen molar-refractivity contribution in [2.75, 3.05) is 20.6 Å². The lowest BCUT2D eigenvalue weighted by molar-refractivity contribution is 0.0931. The van der Waals surface area contributed by atoms with E-state index < -0.39 is 0 Å². The standard InChI is InChI=1S/C21H21N5OS2/c1-25(2)17(15-10-12-28-14-15)13-22-21(27)19-23-20(18-9-6-11-29-18)26(24-19)16-7-4-3-5-8-16/h3-12,14,17H,13H2,1-2H3,(H,22,27). The molecule has 29 heavy (non-hydrogen) atoms. The van der Waals surface area contributed by atoms with Crippen LogP contribution in [0.5, 0.6) is 0 Å². The highest BCUT2D eigenvalue weighted by molar-refractivity contribution is 7.13. The monoisotopic (exact) mass is 423 g/mol. The molecule has 8 heteroatoms. The molecule has 3 aromatic heterocycles. The number of rotatable bonds is 7. The molecule has 0 saturated carbocycles. The fourth-order valence-electron chi connectivity index (χ4n) is 3.05. The van der Waals surface area contributed by atoms with E-state index in [1.165, 1.54) is 5.56 Å². The number of carbonyl (C=O) groups excluding carboxylic acids is 1. The van der Waals surface area contributed by atoms with E-state index in [0.717, 1.165) is 10.6 Å². The van der Waals surface area contributed by atoms with Gasteiger partial charge >= 0.3 is 0 Å². The lowest BCUT2D eigenvalue weighted by Crippen LogP contribution is -2.34. The molecular formula is C21H21N5OS2. The van der Waals surface area contributed by atoms with Crippen molar-refractivity contribution in [2.24, 2.45) is 0 Å². The van der Waals surface area contributed by atoms with Gasteiger partial charge < -0.3 is 10.2 Å². The van der Waals surface area contributed by atoms with Crippen molar-refractivity contribution in [2.45, 2.75) is 6.04 Å². The minimum absolute atomic E-state index is 0.0955. The first-order chi connectivity index (χ1) is 14.1. The summed E-state index contributed by atoms with van der Waals surface area (Å²) in [6, 6.07) is 15.9. The normalized spacial score (nSPS) is 12.2. The van der Waals surface area contributed by atoms with Crippen LogP contribution in [0.2, 0.25) is 0 Å².